The maximum absolute atomic E-state index is 13.2. The highest BCUT2D eigenvalue weighted by Gasteiger charge is 2.03. The number of rotatable bonds is 6. The fourth-order valence-corrected chi connectivity index (χ4v) is 1.35. The van der Waals surface area contributed by atoms with Gasteiger partial charge in [-0.1, -0.05) is 18.2 Å². The molecule has 0 aliphatic rings. The molecule has 0 radical (unpaired) electrons. The van der Waals surface area contributed by atoms with Gasteiger partial charge in [-0.25, -0.2) is 4.39 Å². The Morgan fingerprint density at radius 3 is 2.71 bits per heavy atom. The van der Waals surface area contributed by atoms with Crippen molar-refractivity contribution in [1.82, 2.24) is 10.6 Å². The van der Waals surface area contributed by atoms with Crippen LogP contribution < -0.4 is 10.6 Å². The number of amides is 1. The van der Waals surface area contributed by atoms with Crippen molar-refractivity contribution in [2.24, 2.45) is 0 Å². The summed E-state index contributed by atoms with van der Waals surface area (Å²) in [5, 5.41) is 5.66. The quantitative estimate of drug-likeness (QED) is 0.767. The summed E-state index contributed by atoms with van der Waals surface area (Å²) in [6.07, 6.45) is 1.26. The topological polar surface area (TPSA) is 41.1 Å². The zero-order valence-corrected chi connectivity index (χ0v) is 10.6. The summed E-state index contributed by atoms with van der Waals surface area (Å²) in [7, 11) is 1.84. The molecule has 0 aromatic heterocycles. The molecule has 0 saturated heterocycles. The number of hydrogen-bond acceptors (Lipinski definition) is 2. The lowest BCUT2D eigenvalue weighted by atomic mass is 10.2. The van der Waals surface area contributed by atoms with Gasteiger partial charge in [-0.05, 0) is 26.1 Å². The first kappa shape index (κ1) is 15.9. The lowest BCUT2D eigenvalue weighted by Gasteiger charge is -2.06. The van der Waals surface area contributed by atoms with Gasteiger partial charge in [0.05, 0.1) is 0 Å². The first-order valence-electron chi connectivity index (χ1n) is 5.38. The Labute approximate surface area is 107 Å². The molecule has 96 valence electrons. The van der Waals surface area contributed by atoms with Crippen molar-refractivity contribution >= 4 is 18.3 Å². The number of carbonyl (C=O) groups excluding carboxylic acids is 1. The van der Waals surface area contributed by atoms with Gasteiger partial charge in [0.15, 0.2) is 0 Å². The standard InChI is InChI=1S/C12H17FN2O.ClH/c1-14-8-4-7-12(16)15-9-10-5-2-3-6-11(10)13;/h2-3,5-6,14H,4,7-9H2,1H3,(H,15,16);1H. The zero-order chi connectivity index (χ0) is 11.8. The fourth-order valence-electron chi connectivity index (χ4n) is 1.35. The van der Waals surface area contributed by atoms with E-state index in [1.165, 1.54) is 6.07 Å². The largest absolute Gasteiger partial charge is 0.352 e. The van der Waals surface area contributed by atoms with Crippen LogP contribution in [0, 0.1) is 5.82 Å². The van der Waals surface area contributed by atoms with Gasteiger partial charge in [-0.15, -0.1) is 12.4 Å². The van der Waals surface area contributed by atoms with Crippen LogP contribution >= 0.6 is 12.4 Å². The van der Waals surface area contributed by atoms with E-state index < -0.39 is 0 Å². The third-order valence-electron chi connectivity index (χ3n) is 2.26. The van der Waals surface area contributed by atoms with Crippen LogP contribution in [0.1, 0.15) is 18.4 Å². The highest BCUT2D eigenvalue weighted by Crippen LogP contribution is 2.05. The van der Waals surface area contributed by atoms with E-state index in [0.717, 1.165) is 13.0 Å². The molecule has 2 N–H and O–H groups in total. The summed E-state index contributed by atoms with van der Waals surface area (Å²) in [4.78, 5) is 11.3. The molecule has 1 rings (SSSR count). The Morgan fingerprint density at radius 1 is 1.35 bits per heavy atom. The van der Waals surface area contributed by atoms with Crippen molar-refractivity contribution in [1.29, 1.82) is 0 Å². The van der Waals surface area contributed by atoms with Crippen molar-refractivity contribution in [3.63, 3.8) is 0 Å². The predicted octanol–water partition coefficient (Wildman–Crippen LogP) is 1.86. The maximum Gasteiger partial charge on any atom is 0.220 e. The molecule has 5 heteroatoms. The van der Waals surface area contributed by atoms with Crippen LogP contribution in [-0.2, 0) is 11.3 Å². The number of nitrogens with one attached hydrogen (secondary N) is 2. The van der Waals surface area contributed by atoms with Gasteiger partial charge in [-0.3, -0.25) is 4.79 Å². The van der Waals surface area contributed by atoms with Crippen LogP contribution in [0.3, 0.4) is 0 Å². The second-order valence-electron chi connectivity index (χ2n) is 3.58. The lowest BCUT2D eigenvalue weighted by molar-refractivity contribution is -0.121. The Hall–Kier alpha value is -1.13. The van der Waals surface area contributed by atoms with Gasteiger partial charge in [0.2, 0.25) is 5.91 Å². The van der Waals surface area contributed by atoms with Gasteiger partial charge >= 0.3 is 0 Å². The van der Waals surface area contributed by atoms with E-state index in [0.29, 0.717) is 12.0 Å². The summed E-state index contributed by atoms with van der Waals surface area (Å²) >= 11 is 0. The average molecular weight is 261 g/mol. The minimum atomic E-state index is -0.280. The molecule has 1 amide bonds. The molecule has 0 aliphatic carbocycles. The maximum atomic E-state index is 13.2. The summed E-state index contributed by atoms with van der Waals surface area (Å²) in [5.74, 6) is -0.323. The number of benzene rings is 1. The summed E-state index contributed by atoms with van der Waals surface area (Å²) in [6, 6.07) is 6.45. The molecule has 0 heterocycles. The van der Waals surface area contributed by atoms with Crippen LogP contribution in [0.4, 0.5) is 4.39 Å². The highest BCUT2D eigenvalue weighted by atomic mass is 35.5. The summed E-state index contributed by atoms with van der Waals surface area (Å²) < 4.78 is 13.2. The Bertz CT molecular complexity index is 347. The van der Waals surface area contributed by atoms with Gasteiger partial charge < -0.3 is 10.6 Å². The molecule has 0 atom stereocenters. The minimum absolute atomic E-state index is 0. The lowest BCUT2D eigenvalue weighted by Crippen LogP contribution is -2.24. The molecule has 0 aliphatic heterocycles. The van der Waals surface area contributed by atoms with Crippen molar-refractivity contribution in [2.75, 3.05) is 13.6 Å². The predicted molar refractivity (Wildman–Crippen MR) is 68.7 cm³/mol. The van der Waals surface area contributed by atoms with E-state index in [-0.39, 0.29) is 30.7 Å². The molecule has 0 saturated carbocycles. The number of halogens is 2. The van der Waals surface area contributed by atoms with Crippen molar-refractivity contribution in [3.05, 3.63) is 35.6 Å². The molecule has 3 nitrogen and oxygen atoms in total. The third kappa shape index (κ3) is 6.24. The van der Waals surface area contributed by atoms with Gasteiger partial charge in [0, 0.05) is 18.5 Å². The minimum Gasteiger partial charge on any atom is -0.352 e. The first-order chi connectivity index (χ1) is 7.74. The molecule has 0 bridgehead atoms. The highest BCUT2D eigenvalue weighted by molar-refractivity contribution is 5.85. The molecule has 0 spiro atoms. The molecule has 0 unspecified atom stereocenters. The van der Waals surface area contributed by atoms with Crippen molar-refractivity contribution in [3.8, 4) is 0 Å². The Balaban J connectivity index is 0.00000256. The monoisotopic (exact) mass is 260 g/mol. The first-order valence-corrected chi connectivity index (χ1v) is 5.38. The molecule has 1 aromatic rings. The van der Waals surface area contributed by atoms with E-state index in [4.69, 9.17) is 0 Å². The van der Waals surface area contributed by atoms with Crippen LogP contribution in [0.25, 0.3) is 0 Å². The SMILES string of the molecule is CNCCCC(=O)NCc1ccccc1F.Cl. The second-order valence-corrected chi connectivity index (χ2v) is 3.58. The average Bonchev–Trinajstić information content (AvgIpc) is 2.28. The number of carbonyl (C=O) groups is 1. The van der Waals surface area contributed by atoms with Crippen molar-refractivity contribution < 1.29 is 9.18 Å². The molecular formula is C12H18ClFN2O. The van der Waals surface area contributed by atoms with E-state index in [1.807, 2.05) is 7.05 Å². The van der Waals surface area contributed by atoms with E-state index >= 15 is 0 Å². The van der Waals surface area contributed by atoms with Crippen LogP contribution in [0.15, 0.2) is 24.3 Å². The van der Waals surface area contributed by atoms with Gasteiger partial charge in [-0.2, -0.15) is 0 Å². The van der Waals surface area contributed by atoms with Gasteiger partial charge in [0.1, 0.15) is 5.82 Å². The Morgan fingerprint density at radius 2 is 2.06 bits per heavy atom. The molecular weight excluding hydrogens is 243 g/mol. The van der Waals surface area contributed by atoms with Crippen molar-refractivity contribution in [2.45, 2.75) is 19.4 Å². The van der Waals surface area contributed by atoms with E-state index in [1.54, 1.807) is 18.2 Å². The fraction of sp³-hybridized carbons (Fsp3) is 0.417. The van der Waals surface area contributed by atoms with Crippen LogP contribution in [0.2, 0.25) is 0 Å². The molecule has 1 aromatic carbocycles. The van der Waals surface area contributed by atoms with Gasteiger partial charge in [0.25, 0.3) is 0 Å². The zero-order valence-electron chi connectivity index (χ0n) is 9.83. The molecule has 17 heavy (non-hydrogen) atoms. The number of hydrogen-bond donors (Lipinski definition) is 2. The normalized spacial score (nSPS) is 9.53. The Kier molecular flexibility index (Phi) is 8.36. The smallest absolute Gasteiger partial charge is 0.220 e. The summed E-state index contributed by atoms with van der Waals surface area (Å²) in [6.45, 7) is 1.07. The third-order valence-corrected chi connectivity index (χ3v) is 2.26. The second kappa shape index (κ2) is 8.96. The van der Waals surface area contributed by atoms with E-state index in [2.05, 4.69) is 10.6 Å². The van der Waals surface area contributed by atoms with Crippen LogP contribution in [-0.4, -0.2) is 19.5 Å². The van der Waals surface area contributed by atoms with E-state index in [9.17, 15) is 9.18 Å². The summed E-state index contributed by atoms with van der Waals surface area (Å²) in [5.41, 5.74) is 0.518. The molecule has 0 fully saturated rings. The van der Waals surface area contributed by atoms with Crippen LogP contribution in [0.5, 0.6) is 0 Å².